The third-order valence-corrected chi connectivity index (χ3v) is 3.83. The van der Waals surface area contributed by atoms with Gasteiger partial charge in [0.25, 0.3) is 5.56 Å². The Morgan fingerprint density at radius 2 is 1.83 bits per heavy atom. The van der Waals surface area contributed by atoms with Crippen molar-refractivity contribution in [2.24, 2.45) is 5.10 Å². The Bertz CT molecular complexity index is 979. The Kier molecular flexibility index (Phi) is 4.81. The van der Waals surface area contributed by atoms with Gasteiger partial charge in [-0.3, -0.25) is 14.3 Å². The van der Waals surface area contributed by atoms with Crippen LogP contribution in [0.15, 0.2) is 80.1 Å². The van der Waals surface area contributed by atoms with Gasteiger partial charge in [0.15, 0.2) is 0 Å². The van der Waals surface area contributed by atoms with Crippen LogP contribution in [-0.2, 0) is 6.54 Å². The van der Waals surface area contributed by atoms with Crippen LogP contribution in [-0.4, -0.2) is 20.4 Å². The average molecular weight is 385 g/mol. The molecule has 7 heteroatoms. The lowest BCUT2D eigenvalue weighted by Crippen LogP contribution is -2.39. The van der Waals surface area contributed by atoms with Crippen LogP contribution in [0.25, 0.3) is 0 Å². The first kappa shape index (κ1) is 16.1. The third-order valence-electron chi connectivity index (χ3n) is 3.29. The summed E-state index contributed by atoms with van der Waals surface area (Å²) < 4.78 is 2.47. The molecule has 24 heavy (non-hydrogen) atoms. The first-order valence-corrected chi connectivity index (χ1v) is 7.96. The van der Waals surface area contributed by atoms with Crippen molar-refractivity contribution >= 4 is 22.1 Å². The van der Waals surface area contributed by atoms with Crippen LogP contribution in [0, 0.1) is 0 Å². The zero-order valence-corrected chi connectivity index (χ0v) is 14.1. The summed E-state index contributed by atoms with van der Waals surface area (Å²) in [6.45, 7) is 0.0821. The van der Waals surface area contributed by atoms with E-state index in [2.05, 4.69) is 26.0 Å². The van der Waals surface area contributed by atoms with Crippen LogP contribution in [0.3, 0.4) is 0 Å². The molecule has 0 aliphatic rings. The maximum atomic E-state index is 12.5. The van der Waals surface area contributed by atoms with Crippen molar-refractivity contribution in [2.75, 3.05) is 0 Å². The van der Waals surface area contributed by atoms with E-state index in [1.54, 1.807) is 30.6 Å². The van der Waals surface area contributed by atoms with Gasteiger partial charge in [-0.25, -0.2) is 4.79 Å². The summed E-state index contributed by atoms with van der Waals surface area (Å²) in [7, 11) is 0. The van der Waals surface area contributed by atoms with Gasteiger partial charge in [-0.15, -0.1) is 0 Å². The zero-order valence-electron chi connectivity index (χ0n) is 12.5. The van der Waals surface area contributed by atoms with Gasteiger partial charge >= 0.3 is 5.69 Å². The van der Waals surface area contributed by atoms with Gasteiger partial charge < -0.3 is 0 Å². The third kappa shape index (κ3) is 3.57. The number of pyridine rings is 1. The minimum absolute atomic E-state index is 0.0821. The van der Waals surface area contributed by atoms with Gasteiger partial charge in [-0.1, -0.05) is 36.4 Å². The molecule has 6 nitrogen and oxygen atoms in total. The minimum Gasteiger partial charge on any atom is -0.268 e. The van der Waals surface area contributed by atoms with Crippen molar-refractivity contribution in [1.82, 2.24) is 14.2 Å². The summed E-state index contributed by atoms with van der Waals surface area (Å²) in [5.74, 6) is 0. The second-order valence-electron chi connectivity index (χ2n) is 4.97. The minimum atomic E-state index is -0.527. The number of hydrogen-bond acceptors (Lipinski definition) is 4. The van der Waals surface area contributed by atoms with Crippen LogP contribution in [0.5, 0.6) is 0 Å². The van der Waals surface area contributed by atoms with Crippen molar-refractivity contribution in [1.29, 1.82) is 0 Å². The van der Waals surface area contributed by atoms with Gasteiger partial charge in [-0.05, 0) is 33.6 Å². The van der Waals surface area contributed by atoms with E-state index < -0.39 is 11.2 Å². The smallest absolute Gasteiger partial charge is 0.268 e. The fourth-order valence-electron chi connectivity index (χ4n) is 2.10. The lowest BCUT2D eigenvalue weighted by molar-refractivity contribution is 0.620. The topological polar surface area (TPSA) is 69.2 Å². The van der Waals surface area contributed by atoms with E-state index in [0.717, 1.165) is 14.8 Å². The van der Waals surface area contributed by atoms with Crippen molar-refractivity contribution in [3.8, 4) is 0 Å². The van der Waals surface area contributed by atoms with E-state index >= 15 is 0 Å². The van der Waals surface area contributed by atoms with Crippen LogP contribution in [0.2, 0.25) is 0 Å². The summed E-state index contributed by atoms with van der Waals surface area (Å²) in [6.07, 6.45) is 4.53. The monoisotopic (exact) mass is 384 g/mol. The van der Waals surface area contributed by atoms with Crippen molar-refractivity contribution in [3.63, 3.8) is 0 Å². The number of aromatic nitrogens is 3. The lowest BCUT2D eigenvalue weighted by atomic mass is 10.2. The summed E-state index contributed by atoms with van der Waals surface area (Å²) in [4.78, 5) is 28.9. The summed E-state index contributed by atoms with van der Waals surface area (Å²) in [6, 6.07) is 14.7. The molecule has 0 radical (unpaired) electrons. The molecule has 3 aromatic rings. The largest absolute Gasteiger partial charge is 0.352 e. The SMILES string of the molecule is O=c1c(Br)cn(/N=C/c2ccccc2)c(=O)n1Cc1ccccn1. The fourth-order valence-corrected chi connectivity index (χ4v) is 2.51. The molecule has 2 heterocycles. The van der Waals surface area contributed by atoms with E-state index in [1.165, 1.54) is 6.20 Å². The highest BCUT2D eigenvalue weighted by Crippen LogP contribution is 2.02. The molecular weight excluding hydrogens is 372 g/mol. The summed E-state index contributed by atoms with van der Waals surface area (Å²) in [5, 5.41) is 4.15. The fraction of sp³-hybridized carbons (Fsp3) is 0.0588. The van der Waals surface area contributed by atoms with E-state index in [9.17, 15) is 9.59 Å². The van der Waals surface area contributed by atoms with Gasteiger partial charge in [0.1, 0.15) is 4.47 Å². The predicted molar refractivity (Wildman–Crippen MR) is 95.4 cm³/mol. The first-order chi connectivity index (χ1) is 11.6. The maximum absolute atomic E-state index is 12.5. The van der Waals surface area contributed by atoms with Crippen molar-refractivity contribution in [2.45, 2.75) is 6.54 Å². The van der Waals surface area contributed by atoms with E-state index in [-0.39, 0.29) is 11.0 Å². The van der Waals surface area contributed by atoms with Gasteiger partial charge in [0.05, 0.1) is 24.7 Å². The molecule has 0 aliphatic carbocycles. The second kappa shape index (κ2) is 7.18. The molecule has 0 fully saturated rings. The van der Waals surface area contributed by atoms with E-state index in [1.807, 2.05) is 30.3 Å². The number of rotatable bonds is 4. The quantitative estimate of drug-likeness (QED) is 0.646. The van der Waals surface area contributed by atoms with Gasteiger partial charge in [0, 0.05) is 6.20 Å². The summed E-state index contributed by atoms with van der Waals surface area (Å²) >= 11 is 3.18. The summed E-state index contributed by atoms with van der Waals surface area (Å²) in [5.41, 5.74) is 0.522. The molecular formula is C17H13BrN4O2. The van der Waals surface area contributed by atoms with Crippen LogP contribution < -0.4 is 11.2 Å². The molecule has 0 atom stereocenters. The molecule has 0 saturated heterocycles. The van der Waals surface area contributed by atoms with Crippen LogP contribution >= 0.6 is 15.9 Å². The highest BCUT2D eigenvalue weighted by atomic mass is 79.9. The van der Waals surface area contributed by atoms with Gasteiger partial charge in [0.2, 0.25) is 0 Å². The van der Waals surface area contributed by atoms with E-state index in [4.69, 9.17) is 0 Å². The molecule has 0 saturated carbocycles. The molecule has 0 aliphatic heterocycles. The Morgan fingerprint density at radius 3 is 2.54 bits per heavy atom. The number of benzene rings is 1. The highest BCUT2D eigenvalue weighted by molar-refractivity contribution is 9.10. The molecule has 0 amide bonds. The first-order valence-electron chi connectivity index (χ1n) is 7.16. The Hall–Kier alpha value is -2.80. The Labute approximate surface area is 145 Å². The average Bonchev–Trinajstić information content (AvgIpc) is 2.62. The molecule has 0 bridgehead atoms. The normalized spacial score (nSPS) is 11.0. The van der Waals surface area contributed by atoms with Crippen molar-refractivity contribution in [3.05, 3.63) is 97.5 Å². The van der Waals surface area contributed by atoms with E-state index in [0.29, 0.717) is 5.69 Å². The molecule has 120 valence electrons. The number of halogens is 1. The lowest BCUT2D eigenvalue weighted by Gasteiger charge is -2.07. The highest BCUT2D eigenvalue weighted by Gasteiger charge is 2.10. The zero-order chi connectivity index (χ0) is 16.9. The number of nitrogens with zero attached hydrogens (tertiary/aromatic N) is 4. The second-order valence-corrected chi connectivity index (χ2v) is 5.83. The maximum Gasteiger partial charge on any atom is 0.352 e. The molecule has 0 unspecified atom stereocenters. The standard InChI is InChI=1S/C17H13BrN4O2/c18-15-12-22(20-10-13-6-2-1-3-7-13)17(24)21(16(15)23)11-14-8-4-5-9-19-14/h1-10,12H,11H2/b20-10+. The predicted octanol–water partition coefficient (Wildman–Crippen LogP) is 2.10. The van der Waals surface area contributed by atoms with Crippen LogP contribution in [0.1, 0.15) is 11.3 Å². The molecule has 0 spiro atoms. The molecule has 1 aromatic carbocycles. The van der Waals surface area contributed by atoms with Crippen molar-refractivity contribution < 1.29 is 0 Å². The molecule has 0 N–H and O–H groups in total. The van der Waals surface area contributed by atoms with Gasteiger partial charge in [-0.2, -0.15) is 9.78 Å². The molecule has 2 aromatic heterocycles. The molecule has 3 rings (SSSR count). The number of hydrogen-bond donors (Lipinski definition) is 0. The Morgan fingerprint density at radius 1 is 1.08 bits per heavy atom. The Balaban J connectivity index is 2.01. The van der Waals surface area contributed by atoms with Crippen LogP contribution in [0.4, 0.5) is 0 Å².